The Bertz CT molecular complexity index is 678. The number of nitrogens with one attached hydrogen (secondary N) is 1. The molecule has 1 aromatic carbocycles. The second kappa shape index (κ2) is 6.42. The van der Waals surface area contributed by atoms with Crippen molar-refractivity contribution < 1.29 is 14.6 Å². The van der Waals surface area contributed by atoms with Crippen LogP contribution in [0.5, 0.6) is 5.75 Å². The van der Waals surface area contributed by atoms with E-state index in [0.29, 0.717) is 12.4 Å². The lowest BCUT2D eigenvalue weighted by Crippen LogP contribution is -2.47. The highest BCUT2D eigenvalue weighted by molar-refractivity contribution is 5.95. The minimum Gasteiger partial charge on any atom is -0.490 e. The van der Waals surface area contributed by atoms with Gasteiger partial charge >= 0.3 is 0 Å². The average molecular weight is 315 g/mol. The van der Waals surface area contributed by atoms with Crippen LogP contribution < -0.4 is 10.1 Å². The third-order valence-electron chi connectivity index (χ3n) is 4.08. The number of aromatic nitrogens is 2. The maximum atomic E-state index is 12.4. The van der Waals surface area contributed by atoms with E-state index in [9.17, 15) is 9.90 Å². The van der Waals surface area contributed by atoms with Gasteiger partial charge in [-0.05, 0) is 38.3 Å². The number of benzene rings is 1. The quantitative estimate of drug-likeness (QED) is 0.854. The van der Waals surface area contributed by atoms with Crippen molar-refractivity contribution in [2.45, 2.75) is 31.8 Å². The molecule has 1 aliphatic carbocycles. The fraction of sp³-hybridized carbons (Fsp3) is 0.412. The van der Waals surface area contributed by atoms with Crippen LogP contribution in [0.15, 0.2) is 36.5 Å². The summed E-state index contributed by atoms with van der Waals surface area (Å²) in [6.45, 7) is 2.55. The van der Waals surface area contributed by atoms with Gasteiger partial charge in [0.2, 0.25) is 0 Å². The van der Waals surface area contributed by atoms with E-state index in [1.54, 1.807) is 10.9 Å². The van der Waals surface area contributed by atoms with Crippen molar-refractivity contribution in [2.24, 2.45) is 0 Å². The monoisotopic (exact) mass is 315 g/mol. The van der Waals surface area contributed by atoms with E-state index < -0.39 is 5.60 Å². The van der Waals surface area contributed by atoms with E-state index in [1.807, 2.05) is 37.3 Å². The summed E-state index contributed by atoms with van der Waals surface area (Å²) in [5.41, 5.74) is 0.326. The van der Waals surface area contributed by atoms with Crippen molar-refractivity contribution >= 4 is 5.91 Å². The van der Waals surface area contributed by atoms with Gasteiger partial charge in [-0.25, -0.2) is 4.68 Å². The largest absolute Gasteiger partial charge is 0.490 e. The molecule has 1 fully saturated rings. The molecule has 0 spiro atoms. The van der Waals surface area contributed by atoms with E-state index in [4.69, 9.17) is 4.74 Å². The molecule has 0 aliphatic heterocycles. The molecule has 1 heterocycles. The number of hydrogen-bond donors (Lipinski definition) is 2. The van der Waals surface area contributed by atoms with Gasteiger partial charge in [0.05, 0.1) is 24.1 Å². The van der Waals surface area contributed by atoms with Gasteiger partial charge in [-0.2, -0.15) is 5.10 Å². The molecule has 1 saturated carbocycles. The van der Waals surface area contributed by atoms with E-state index in [1.165, 1.54) is 0 Å². The van der Waals surface area contributed by atoms with Gasteiger partial charge in [-0.3, -0.25) is 4.79 Å². The summed E-state index contributed by atoms with van der Waals surface area (Å²) in [6.07, 6.45) is 4.15. The molecule has 1 aromatic heterocycles. The highest BCUT2D eigenvalue weighted by atomic mass is 16.5. The van der Waals surface area contributed by atoms with Crippen LogP contribution in [0.25, 0.3) is 5.69 Å². The Kier molecular flexibility index (Phi) is 4.34. The molecule has 1 amide bonds. The van der Waals surface area contributed by atoms with Crippen molar-refractivity contribution in [2.75, 3.05) is 13.2 Å². The van der Waals surface area contributed by atoms with Gasteiger partial charge in [-0.15, -0.1) is 0 Å². The summed E-state index contributed by atoms with van der Waals surface area (Å²) in [4.78, 5) is 12.4. The molecule has 0 radical (unpaired) electrons. The van der Waals surface area contributed by atoms with Crippen LogP contribution >= 0.6 is 0 Å². The first-order chi connectivity index (χ1) is 11.1. The predicted octanol–water partition coefficient (Wildman–Crippen LogP) is 1.92. The number of carbonyl (C=O) groups is 1. The third kappa shape index (κ3) is 3.37. The average Bonchev–Trinajstić information content (AvgIpc) is 2.96. The zero-order chi connectivity index (χ0) is 16.3. The van der Waals surface area contributed by atoms with Crippen molar-refractivity contribution in [1.82, 2.24) is 15.1 Å². The summed E-state index contributed by atoms with van der Waals surface area (Å²) in [5.74, 6) is 0.109. The fourth-order valence-corrected chi connectivity index (χ4v) is 2.58. The van der Waals surface area contributed by atoms with Gasteiger partial charge < -0.3 is 15.2 Å². The minimum atomic E-state index is -0.760. The van der Waals surface area contributed by atoms with Gasteiger partial charge in [0.15, 0.2) is 11.4 Å². The summed E-state index contributed by atoms with van der Waals surface area (Å²) < 4.78 is 7.15. The SMILES string of the molecule is CCOc1cn(-c2ccccc2)nc1C(=O)NCC1(O)CCC1. The van der Waals surface area contributed by atoms with E-state index in [0.717, 1.165) is 24.9 Å². The molecule has 2 N–H and O–H groups in total. The van der Waals surface area contributed by atoms with E-state index in [-0.39, 0.29) is 18.1 Å². The minimum absolute atomic E-state index is 0.235. The van der Waals surface area contributed by atoms with Crippen LogP contribution in [0.4, 0.5) is 0 Å². The summed E-state index contributed by atoms with van der Waals surface area (Å²) in [5, 5.41) is 17.2. The zero-order valence-corrected chi connectivity index (χ0v) is 13.2. The molecule has 3 rings (SSSR count). The first kappa shape index (κ1) is 15.6. The predicted molar refractivity (Wildman–Crippen MR) is 85.9 cm³/mol. The Hall–Kier alpha value is -2.34. The van der Waals surface area contributed by atoms with E-state index in [2.05, 4.69) is 10.4 Å². The molecule has 0 saturated heterocycles. The van der Waals surface area contributed by atoms with Crippen molar-refractivity contribution in [3.8, 4) is 11.4 Å². The van der Waals surface area contributed by atoms with E-state index >= 15 is 0 Å². The summed E-state index contributed by atoms with van der Waals surface area (Å²) >= 11 is 0. The molecule has 0 atom stereocenters. The van der Waals surface area contributed by atoms with Crippen LogP contribution in [-0.4, -0.2) is 39.5 Å². The summed E-state index contributed by atoms with van der Waals surface area (Å²) in [6, 6.07) is 9.54. The number of para-hydroxylation sites is 1. The number of ether oxygens (including phenoxy) is 1. The maximum absolute atomic E-state index is 12.4. The lowest BCUT2D eigenvalue weighted by molar-refractivity contribution is -0.0301. The highest BCUT2D eigenvalue weighted by Gasteiger charge is 2.35. The lowest BCUT2D eigenvalue weighted by Gasteiger charge is -2.36. The van der Waals surface area contributed by atoms with Gasteiger partial charge in [0.25, 0.3) is 5.91 Å². The lowest BCUT2D eigenvalue weighted by atomic mass is 9.80. The molecule has 0 bridgehead atoms. The first-order valence-corrected chi connectivity index (χ1v) is 7.90. The smallest absolute Gasteiger partial charge is 0.275 e. The van der Waals surface area contributed by atoms with Crippen LogP contribution in [0, 0.1) is 0 Å². The molecular weight excluding hydrogens is 294 g/mol. The highest BCUT2D eigenvalue weighted by Crippen LogP contribution is 2.30. The van der Waals surface area contributed by atoms with Crippen molar-refractivity contribution in [3.05, 3.63) is 42.2 Å². The van der Waals surface area contributed by atoms with Gasteiger partial charge in [0, 0.05) is 6.54 Å². The van der Waals surface area contributed by atoms with Gasteiger partial charge in [-0.1, -0.05) is 18.2 Å². The summed E-state index contributed by atoms with van der Waals surface area (Å²) in [7, 11) is 0. The van der Waals surface area contributed by atoms with Crippen LogP contribution in [0.2, 0.25) is 0 Å². The van der Waals surface area contributed by atoms with Crippen molar-refractivity contribution in [1.29, 1.82) is 0 Å². The number of rotatable bonds is 6. The molecule has 6 heteroatoms. The number of hydrogen-bond acceptors (Lipinski definition) is 4. The third-order valence-corrected chi connectivity index (χ3v) is 4.08. The Morgan fingerprint density at radius 3 is 2.74 bits per heavy atom. The molecular formula is C17H21N3O3. The molecule has 1 aliphatic rings. The molecule has 122 valence electrons. The van der Waals surface area contributed by atoms with Crippen molar-refractivity contribution in [3.63, 3.8) is 0 Å². The first-order valence-electron chi connectivity index (χ1n) is 7.90. The Morgan fingerprint density at radius 2 is 2.13 bits per heavy atom. The number of carbonyl (C=O) groups excluding carboxylic acids is 1. The second-order valence-electron chi connectivity index (χ2n) is 5.82. The maximum Gasteiger partial charge on any atom is 0.275 e. The molecule has 2 aromatic rings. The number of amides is 1. The topological polar surface area (TPSA) is 76.4 Å². The Labute approximate surface area is 135 Å². The van der Waals surface area contributed by atoms with Crippen LogP contribution in [-0.2, 0) is 0 Å². The zero-order valence-electron chi connectivity index (χ0n) is 13.2. The Balaban J connectivity index is 1.79. The molecule has 6 nitrogen and oxygen atoms in total. The number of nitrogens with zero attached hydrogens (tertiary/aromatic N) is 2. The molecule has 23 heavy (non-hydrogen) atoms. The Morgan fingerprint density at radius 1 is 1.39 bits per heavy atom. The second-order valence-corrected chi connectivity index (χ2v) is 5.82. The standard InChI is InChI=1S/C17H21N3O3/c1-2-23-14-11-20(13-7-4-3-5-8-13)19-15(14)16(21)18-12-17(22)9-6-10-17/h3-5,7-8,11,22H,2,6,9-10,12H2,1H3,(H,18,21). The fourth-order valence-electron chi connectivity index (χ4n) is 2.58. The van der Waals surface area contributed by atoms with Crippen LogP contribution in [0.1, 0.15) is 36.7 Å². The number of aliphatic hydroxyl groups is 1. The van der Waals surface area contributed by atoms with Gasteiger partial charge in [0.1, 0.15) is 0 Å². The molecule has 0 unspecified atom stereocenters. The van der Waals surface area contributed by atoms with Crippen LogP contribution in [0.3, 0.4) is 0 Å². The normalized spacial score (nSPS) is 15.7.